The number of furan rings is 1. The van der Waals surface area contributed by atoms with Crippen LogP contribution in [0.4, 0.5) is 0 Å². The van der Waals surface area contributed by atoms with Crippen molar-refractivity contribution >= 4 is 17.5 Å². The van der Waals surface area contributed by atoms with Gasteiger partial charge in [-0.25, -0.2) is 0 Å². The molecule has 0 fully saturated rings. The highest BCUT2D eigenvalue weighted by molar-refractivity contribution is 6.29. The minimum atomic E-state index is -0.336. The van der Waals surface area contributed by atoms with Crippen LogP contribution < -0.4 is 14.8 Å². The van der Waals surface area contributed by atoms with Crippen LogP contribution in [0.3, 0.4) is 0 Å². The number of ether oxygens (including phenoxy) is 2. The molecule has 6 heteroatoms. The van der Waals surface area contributed by atoms with Gasteiger partial charge in [0, 0.05) is 0 Å². The maximum atomic E-state index is 11.8. The average Bonchev–Trinajstić information content (AvgIpc) is 2.92. The molecule has 2 rings (SSSR count). The highest BCUT2D eigenvalue weighted by Gasteiger charge is 2.13. The van der Waals surface area contributed by atoms with Crippen LogP contribution in [-0.4, -0.2) is 25.7 Å². The number of hydrogen-bond donors (Lipinski definition) is 1. The molecule has 0 spiro atoms. The van der Waals surface area contributed by atoms with Crippen molar-refractivity contribution in [3.05, 3.63) is 47.4 Å². The lowest BCUT2D eigenvalue weighted by Gasteiger charge is -2.17. The van der Waals surface area contributed by atoms with Gasteiger partial charge in [0.05, 0.1) is 13.7 Å². The molecular weight excluding hydrogens is 294 g/mol. The largest absolute Gasteiger partial charge is 0.493 e. The fourth-order valence-electron chi connectivity index (χ4n) is 1.73. The van der Waals surface area contributed by atoms with Gasteiger partial charge in [0.1, 0.15) is 6.10 Å². The van der Waals surface area contributed by atoms with Crippen molar-refractivity contribution in [2.75, 3.05) is 13.7 Å². The zero-order valence-electron chi connectivity index (χ0n) is 11.8. The summed E-state index contributed by atoms with van der Waals surface area (Å²) in [6.45, 7) is 2.18. The number of para-hydroxylation sites is 2. The zero-order valence-corrected chi connectivity index (χ0v) is 12.5. The molecule has 0 aliphatic carbocycles. The molecule has 112 valence electrons. The Morgan fingerprint density at radius 3 is 2.62 bits per heavy atom. The fourth-order valence-corrected chi connectivity index (χ4v) is 1.88. The Morgan fingerprint density at radius 1 is 1.29 bits per heavy atom. The first-order valence-electron chi connectivity index (χ1n) is 6.43. The summed E-state index contributed by atoms with van der Waals surface area (Å²) in [7, 11) is 1.58. The van der Waals surface area contributed by atoms with Crippen molar-refractivity contribution in [1.82, 2.24) is 5.32 Å². The molecule has 0 bridgehead atoms. The maximum Gasteiger partial charge on any atom is 0.287 e. The lowest BCUT2D eigenvalue weighted by Crippen LogP contribution is -2.33. The predicted octanol–water partition coefficient (Wildman–Crippen LogP) is 3.14. The molecular formula is C15H16ClNO4. The van der Waals surface area contributed by atoms with Gasteiger partial charge in [-0.3, -0.25) is 4.79 Å². The summed E-state index contributed by atoms with van der Waals surface area (Å²) in [5, 5.41) is 2.89. The van der Waals surface area contributed by atoms with E-state index >= 15 is 0 Å². The van der Waals surface area contributed by atoms with Crippen molar-refractivity contribution in [2.45, 2.75) is 13.0 Å². The number of hydrogen-bond acceptors (Lipinski definition) is 4. The summed E-state index contributed by atoms with van der Waals surface area (Å²) in [4.78, 5) is 11.8. The van der Waals surface area contributed by atoms with Crippen LogP contribution in [-0.2, 0) is 0 Å². The SMILES string of the molecule is COc1ccccc1O[C@H](C)CNC(=O)c1ccc(Cl)o1. The number of nitrogens with one attached hydrogen (secondary N) is 1. The molecule has 1 N–H and O–H groups in total. The first-order chi connectivity index (χ1) is 10.1. The first kappa shape index (κ1) is 15.3. The van der Waals surface area contributed by atoms with E-state index < -0.39 is 0 Å². The Morgan fingerprint density at radius 2 is 2.00 bits per heavy atom. The van der Waals surface area contributed by atoms with E-state index in [-0.39, 0.29) is 23.0 Å². The second-order valence-electron chi connectivity index (χ2n) is 4.39. The van der Waals surface area contributed by atoms with E-state index in [1.54, 1.807) is 7.11 Å². The van der Waals surface area contributed by atoms with Crippen molar-refractivity contribution < 1.29 is 18.7 Å². The second-order valence-corrected chi connectivity index (χ2v) is 4.77. The van der Waals surface area contributed by atoms with Crippen LogP contribution in [0, 0.1) is 0 Å². The molecule has 1 heterocycles. The van der Waals surface area contributed by atoms with E-state index in [0.717, 1.165) is 0 Å². The van der Waals surface area contributed by atoms with Crippen LogP contribution in [0.5, 0.6) is 11.5 Å². The van der Waals surface area contributed by atoms with Crippen molar-refractivity contribution in [1.29, 1.82) is 0 Å². The van der Waals surface area contributed by atoms with Gasteiger partial charge < -0.3 is 19.2 Å². The highest BCUT2D eigenvalue weighted by Crippen LogP contribution is 2.26. The molecule has 2 aromatic rings. The minimum Gasteiger partial charge on any atom is -0.493 e. The summed E-state index contributed by atoms with van der Waals surface area (Å²) in [6, 6.07) is 10.4. The van der Waals surface area contributed by atoms with Crippen LogP contribution in [0.25, 0.3) is 0 Å². The molecule has 0 aliphatic rings. The monoisotopic (exact) mass is 309 g/mol. The topological polar surface area (TPSA) is 60.7 Å². The van der Waals surface area contributed by atoms with Gasteiger partial charge in [0.2, 0.25) is 0 Å². The molecule has 1 amide bonds. The third kappa shape index (κ3) is 4.16. The Labute approximate surface area is 127 Å². The van der Waals surface area contributed by atoms with Crippen LogP contribution in [0.15, 0.2) is 40.8 Å². The third-order valence-electron chi connectivity index (χ3n) is 2.74. The molecule has 0 radical (unpaired) electrons. The van der Waals surface area contributed by atoms with Crippen molar-refractivity contribution in [3.8, 4) is 11.5 Å². The quantitative estimate of drug-likeness (QED) is 0.890. The Hall–Kier alpha value is -2.14. The van der Waals surface area contributed by atoms with Crippen molar-refractivity contribution in [2.24, 2.45) is 0 Å². The summed E-state index contributed by atoms with van der Waals surface area (Å²) in [5.74, 6) is 1.11. The number of amides is 1. The number of rotatable bonds is 6. The van der Waals surface area contributed by atoms with Crippen LogP contribution in [0.1, 0.15) is 17.5 Å². The average molecular weight is 310 g/mol. The van der Waals surface area contributed by atoms with Crippen LogP contribution >= 0.6 is 11.6 Å². The van der Waals surface area contributed by atoms with E-state index in [2.05, 4.69) is 5.32 Å². The Kier molecular flexibility index (Phi) is 5.11. The number of carbonyl (C=O) groups excluding carboxylic acids is 1. The van der Waals surface area contributed by atoms with Gasteiger partial charge in [-0.2, -0.15) is 0 Å². The lowest BCUT2D eigenvalue weighted by atomic mass is 10.3. The predicted molar refractivity (Wildman–Crippen MR) is 79.1 cm³/mol. The first-order valence-corrected chi connectivity index (χ1v) is 6.81. The molecule has 0 saturated heterocycles. The van der Waals surface area contributed by atoms with Gasteiger partial charge in [-0.15, -0.1) is 0 Å². The standard InChI is InChI=1S/C15H16ClNO4/c1-10(20-12-6-4-3-5-11(12)19-2)9-17-15(18)13-7-8-14(16)21-13/h3-8,10H,9H2,1-2H3,(H,17,18)/t10-/m1/s1. The van der Waals surface area contributed by atoms with Crippen LogP contribution in [0.2, 0.25) is 5.22 Å². The molecule has 1 atom stereocenters. The third-order valence-corrected chi connectivity index (χ3v) is 2.95. The van der Waals surface area contributed by atoms with Crippen molar-refractivity contribution in [3.63, 3.8) is 0 Å². The lowest BCUT2D eigenvalue weighted by molar-refractivity contribution is 0.0904. The van der Waals surface area contributed by atoms with E-state index in [1.165, 1.54) is 12.1 Å². The van der Waals surface area contributed by atoms with E-state index in [9.17, 15) is 4.79 Å². The molecule has 1 aromatic carbocycles. The van der Waals surface area contributed by atoms with E-state index in [0.29, 0.717) is 18.0 Å². The number of carbonyl (C=O) groups is 1. The summed E-state index contributed by atoms with van der Waals surface area (Å²) >= 11 is 5.62. The molecule has 1 aromatic heterocycles. The smallest absolute Gasteiger partial charge is 0.287 e. The summed E-state index contributed by atoms with van der Waals surface area (Å²) in [5.41, 5.74) is 0. The summed E-state index contributed by atoms with van der Waals surface area (Å²) < 4.78 is 16.0. The molecule has 5 nitrogen and oxygen atoms in total. The Bertz CT molecular complexity index is 611. The van der Waals surface area contributed by atoms with Gasteiger partial charge in [0.15, 0.2) is 22.5 Å². The molecule has 0 unspecified atom stereocenters. The van der Waals surface area contributed by atoms with Gasteiger partial charge in [0.25, 0.3) is 5.91 Å². The van der Waals surface area contributed by atoms with Gasteiger partial charge >= 0.3 is 0 Å². The van der Waals surface area contributed by atoms with E-state index in [1.807, 2.05) is 31.2 Å². The number of halogens is 1. The molecule has 0 saturated carbocycles. The van der Waals surface area contributed by atoms with E-state index in [4.69, 9.17) is 25.5 Å². The highest BCUT2D eigenvalue weighted by atomic mass is 35.5. The van der Waals surface area contributed by atoms with Gasteiger partial charge in [-0.05, 0) is 42.8 Å². The Balaban J connectivity index is 1.87. The van der Waals surface area contributed by atoms with Gasteiger partial charge in [-0.1, -0.05) is 12.1 Å². The normalized spacial score (nSPS) is 11.8. The number of methoxy groups -OCH3 is 1. The summed E-state index contributed by atoms with van der Waals surface area (Å²) in [6.07, 6.45) is -0.226. The molecule has 0 aliphatic heterocycles. The second kappa shape index (κ2) is 7.04. The fraction of sp³-hybridized carbons (Fsp3) is 0.267. The maximum absolute atomic E-state index is 11.8. The number of benzene rings is 1. The minimum absolute atomic E-state index is 0.171. The zero-order chi connectivity index (χ0) is 15.2. The molecule has 21 heavy (non-hydrogen) atoms.